The van der Waals surface area contributed by atoms with E-state index >= 15 is 0 Å². The lowest BCUT2D eigenvalue weighted by Gasteiger charge is -2.14. The van der Waals surface area contributed by atoms with E-state index in [9.17, 15) is 20.1 Å². The number of benzene rings is 4. The summed E-state index contributed by atoms with van der Waals surface area (Å²) in [5, 5.41) is 38.3. The molecule has 5 aromatic rings. The van der Waals surface area contributed by atoms with Gasteiger partial charge >= 0.3 is 5.63 Å². The molecule has 0 bridgehead atoms. The summed E-state index contributed by atoms with van der Waals surface area (Å²) >= 11 is 0. The average Bonchev–Trinajstić information content (AvgIpc) is 2.92. The van der Waals surface area contributed by atoms with E-state index in [0.717, 1.165) is 34.1 Å². The van der Waals surface area contributed by atoms with Crippen LogP contribution in [0.4, 0.5) is 11.4 Å². The first-order valence-electron chi connectivity index (χ1n) is 12.1. The van der Waals surface area contributed by atoms with Gasteiger partial charge in [0.15, 0.2) is 0 Å². The first-order valence-corrected chi connectivity index (χ1v) is 12.1. The summed E-state index contributed by atoms with van der Waals surface area (Å²) in [7, 11) is 0. The van der Waals surface area contributed by atoms with Crippen LogP contribution in [0, 0.1) is 0 Å². The second-order valence-corrected chi connectivity index (χ2v) is 8.98. The Kier molecular flexibility index (Phi) is 7.18. The maximum atomic E-state index is 12.2. The van der Waals surface area contributed by atoms with Crippen molar-refractivity contribution in [2.45, 2.75) is 19.1 Å². The van der Waals surface area contributed by atoms with E-state index in [4.69, 9.17) is 4.42 Å². The second kappa shape index (κ2) is 10.8. The van der Waals surface area contributed by atoms with Crippen LogP contribution in [0.25, 0.3) is 21.7 Å². The average molecular weight is 497 g/mol. The van der Waals surface area contributed by atoms with E-state index in [1.54, 1.807) is 18.2 Å². The number of fused-ring (bicyclic) bond motifs is 3. The third-order valence-electron chi connectivity index (χ3n) is 6.45. The third-order valence-corrected chi connectivity index (χ3v) is 6.45. The summed E-state index contributed by atoms with van der Waals surface area (Å²) < 4.78 is 5.47. The maximum Gasteiger partial charge on any atom is 0.344 e. The van der Waals surface area contributed by atoms with Crippen LogP contribution in [-0.4, -0.2) is 28.4 Å². The van der Waals surface area contributed by atoms with Gasteiger partial charge in [-0.15, -0.1) is 0 Å². The van der Waals surface area contributed by atoms with Crippen LogP contribution < -0.4 is 16.3 Å². The molecule has 37 heavy (non-hydrogen) atoms. The lowest BCUT2D eigenvalue weighted by molar-refractivity contribution is 0.174. The SMILES string of the molecule is O=c1oc2ccc(Nc3ccc(CCNCC(O)c4ccc(O)c(CO)c4)cc3)cc2c2ccccc12. The summed E-state index contributed by atoms with van der Waals surface area (Å²) in [6.45, 7) is 0.782. The van der Waals surface area contributed by atoms with Gasteiger partial charge in [-0.2, -0.15) is 0 Å². The molecule has 0 aliphatic heterocycles. The van der Waals surface area contributed by atoms with Crippen molar-refractivity contribution in [2.24, 2.45) is 0 Å². The molecule has 7 nitrogen and oxygen atoms in total. The van der Waals surface area contributed by atoms with E-state index in [-0.39, 0.29) is 18.0 Å². The Bertz CT molecular complexity index is 1590. The monoisotopic (exact) mass is 496 g/mol. The molecule has 4 aromatic carbocycles. The summed E-state index contributed by atoms with van der Waals surface area (Å²) in [6.07, 6.45) is 0.0652. The molecule has 1 atom stereocenters. The molecule has 0 amide bonds. The van der Waals surface area contributed by atoms with E-state index in [2.05, 4.69) is 22.8 Å². The quantitative estimate of drug-likeness (QED) is 0.114. The van der Waals surface area contributed by atoms with E-state index < -0.39 is 6.10 Å². The fraction of sp³-hybridized carbons (Fsp3) is 0.167. The Morgan fingerprint density at radius 2 is 1.59 bits per heavy atom. The standard InChI is InChI=1S/C30H28N2O5/c33-18-21-15-20(7-11-27(21)34)28(35)17-31-14-13-19-5-8-22(9-6-19)32-23-10-12-29-26(16-23)24-3-1-2-4-25(24)30(36)37-29/h1-12,15-16,28,31-35H,13-14,17-18H2. The van der Waals surface area contributed by atoms with Gasteiger partial charge in [0.05, 0.1) is 18.1 Å². The number of aliphatic hydroxyl groups excluding tert-OH is 2. The topological polar surface area (TPSA) is 115 Å². The first-order chi connectivity index (χ1) is 18.0. The summed E-state index contributed by atoms with van der Waals surface area (Å²) in [5.74, 6) is 0.0202. The van der Waals surface area contributed by atoms with Crippen molar-refractivity contribution in [3.63, 3.8) is 0 Å². The van der Waals surface area contributed by atoms with Gasteiger partial charge in [0.1, 0.15) is 11.3 Å². The summed E-state index contributed by atoms with van der Waals surface area (Å²) in [5.41, 5.74) is 4.27. The van der Waals surface area contributed by atoms with E-state index in [0.29, 0.717) is 35.2 Å². The molecule has 1 unspecified atom stereocenters. The third kappa shape index (κ3) is 5.49. The van der Waals surface area contributed by atoms with Crippen LogP contribution >= 0.6 is 0 Å². The summed E-state index contributed by atoms with van der Waals surface area (Å²) in [4.78, 5) is 12.2. The maximum absolute atomic E-state index is 12.2. The van der Waals surface area contributed by atoms with Crippen LogP contribution in [0.5, 0.6) is 5.75 Å². The molecule has 1 aromatic heterocycles. The van der Waals surface area contributed by atoms with Gasteiger partial charge in [0, 0.05) is 28.9 Å². The molecule has 188 valence electrons. The first kappa shape index (κ1) is 24.5. The minimum absolute atomic E-state index is 0.0202. The lowest BCUT2D eigenvalue weighted by Crippen LogP contribution is -2.23. The number of aliphatic hydroxyl groups is 2. The van der Waals surface area contributed by atoms with Crippen molar-refractivity contribution in [3.8, 4) is 5.75 Å². The number of anilines is 2. The van der Waals surface area contributed by atoms with Crippen LogP contribution in [0.2, 0.25) is 0 Å². The highest BCUT2D eigenvalue weighted by molar-refractivity contribution is 6.05. The highest BCUT2D eigenvalue weighted by Gasteiger charge is 2.10. The van der Waals surface area contributed by atoms with Gasteiger partial charge < -0.3 is 30.4 Å². The number of nitrogens with one attached hydrogen (secondary N) is 2. The Hall–Kier alpha value is -4.17. The largest absolute Gasteiger partial charge is 0.508 e. The minimum Gasteiger partial charge on any atom is -0.508 e. The molecule has 0 radical (unpaired) electrons. The molecular formula is C30H28N2O5. The molecule has 0 saturated heterocycles. The van der Waals surface area contributed by atoms with Crippen molar-refractivity contribution in [1.29, 1.82) is 0 Å². The molecule has 0 saturated carbocycles. The van der Waals surface area contributed by atoms with Crippen LogP contribution in [0.1, 0.15) is 22.8 Å². The normalized spacial score (nSPS) is 12.2. The van der Waals surface area contributed by atoms with Crippen molar-refractivity contribution < 1.29 is 19.7 Å². The highest BCUT2D eigenvalue weighted by atomic mass is 16.4. The number of hydrogen-bond acceptors (Lipinski definition) is 7. The Balaban J connectivity index is 1.18. The molecule has 0 aliphatic rings. The predicted molar refractivity (Wildman–Crippen MR) is 145 cm³/mol. The van der Waals surface area contributed by atoms with Gasteiger partial charge in [0.2, 0.25) is 0 Å². The number of phenols is 1. The van der Waals surface area contributed by atoms with Crippen molar-refractivity contribution >= 4 is 33.1 Å². The van der Waals surface area contributed by atoms with Gasteiger partial charge in [0.25, 0.3) is 0 Å². The molecule has 0 spiro atoms. The number of aromatic hydroxyl groups is 1. The molecule has 5 rings (SSSR count). The number of rotatable bonds is 9. The predicted octanol–water partition coefficient (Wildman–Crippen LogP) is 4.75. The Labute approximate surface area is 213 Å². The van der Waals surface area contributed by atoms with Gasteiger partial charge in [-0.3, -0.25) is 0 Å². The zero-order valence-electron chi connectivity index (χ0n) is 20.1. The molecular weight excluding hydrogens is 468 g/mol. The Morgan fingerprint density at radius 1 is 0.838 bits per heavy atom. The fourth-order valence-corrected chi connectivity index (χ4v) is 4.41. The lowest BCUT2D eigenvalue weighted by atomic mass is 10.1. The van der Waals surface area contributed by atoms with Crippen LogP contribution in [-0.2, 0) is 13.0 Å². The van der Waals surface area contributed by atoms with Crippen LogP contribution in [0.15, 0.2) is 94.1 Å². The number of hydrogen-bond donors (Lipinski definition) is 5. The van der Waals surface area contributed by atoms with Gasteiger partial charge in [-0.25, -0.2) is 4.79 Å². The van der Waals surface area contributed by atoms with Crippen molar-refractivity contribution in [3.05, 3.63) is 112 Å². The molecule has 0 fully saturated rings. The molecule has 7 heteroatoms. The van der Waals surface area contributed by atoms with Crippen molar-refractivity contribution in [1.82, 2.24) is 5.32 Å². The second-order valence-electron chi connectivity index (χ2n) is 8.98. The van der Waals surface area contributed by atoms with E-state index in [1.807, 2.05) is 48.5 Å². The molecule has 0 aliphatic carbocycles. The van der Waals surface area contributed by atoms with Crippen LogP contribution in [0.3, 0.4) is 0 Å². The van der Waals surface area contributed by atoms with Gasteiger partial charge in [-0.1, -0.05) is 36.4 Å². The van der Waals surface area contributed by atoms with Crippen molar-refractivity contribution in [2.75, 3.05) is 18.4 Å². The fourth-order valence-electron chi connectivity index (χ4n) is 4.41. The Morgan fingerprint density at radius 3 is 2.38 bits per heavy atom. The van der Waals surface area contributed by atoms with Gasteiger partial charge in [-0.05, 0) is 78.0 Å². The summed E-state index contributed by atoms with van der Waals surface area (Å²) in [6, 6.07) is 26.0. The smallest absolute Gasteiger partial charge is 0.344 e. The molecule has 1 heterocycles. The highest BCUT2D eigenvalue weighted by Crippen LogP contribution is 2.27. The zero-order valence-corrected chi connectivity index (χ0v) is 20.1. The zero-order chi connectivity index (χ0) is 25.8. The van der Waals surface area contributed by atoms with E-state index in [1.165, 1.54) is 6.07 Å². The minimum atomic E-state index is -0.732. The molecule has 5 N–H and O–H groups in total.